The second-order valence-electron chi connectivity index (χ2n) is 11.3. The number of ether oxygens (including phenoxy) is 4. The van der Waals surface area contributed by atoms with Crippen LogP contribution in [0.15, 0.2) is 42.7 Å². The van der Waals surface area contributed by atoms with Crippen LogP contribution in [0.5, 0.6) is 17.4 Å². The lowest BCUT2D eigenvalue weighted by atomic mass is 9.91. The number of aliphatic hydroxyl groups excluding tert-OH is 3. The van der Waals surface area contributed by atoms with Gasteiger partial charge in [-0.05, 0) is 42.5 Å². The van der Waals surface area contributed by atoms with Gasteiger partial charge in [-0.3, -0.25) is 0 Å². The Kier molecular flexibility index (Phi) is 10.6. The van der Waals surface area contributed by atoms with Crippen molar-refractivity contribution < 1.29 is 74.5 Å². The average Bonchev–Trinajstić information content (AvgIpc) is 3.71. The van der Waals surface area contributed by atoms with Crippen molar-refractivity contribution in [3.05, 3.63) is 63.7 Å². The molecule has 1 aliphatic carbocycles. The predicted octanol–water partition coefficient (Wildman–Crippen LogP) is 3.51. The van der Waals surface area contributed by atoms with Gasteiger partial charge < -0.3 is 45.1 Å². The Labute approximate surface area is 275 Å². The summed E-state index contributed by atoms with van der Waals surface area (Å²) in [6.45, 7) is -3.89. The highest BCUT2D eigenvalue weighted by Crippen LogP contribution is 2.52. The maximum absolute atomic E-state index is 13.6. The summed E-state index contributed by atoms with van der Waals surface area (Å²) in [5, 5.41) is 37.8. The minimum Gasteiger partial charge on any atom is -0.487 e. The molecule has 1 saturated heterocycles. The van der Waals surface area contributed by atoms with Crippen molar-refractivity contribution in [2.75, 3.05) is 6.61 Å². The molecular formula is C29H29F8N3O8S. The molecule has 3 aromatic rings. The number of nitrogens with two attached hydrogens (primary N) is 1. The number of pyridine rings is 1. The molecule has 5 rings (SSSR count). The number of thiazole rings is 1. The van der Waals surface area contributed by atoms with Crippen LogP contribution in [0.4, 0.5) is 35.1 Å². The fraction of sp³-hybridized carbons (Fsp3) is 0.517. The number of rotatable bonds is 12. The minimum absolute atomic E-state index is 0.0412. The largest absolute Gasteiger partial charge is 0.487 e. The Balaban J connectivity index is 1.48. The first-order chi connectivity index (χ1) is 22.9. The van der Waals surface area contributed by atoms with Crippen molar-refractivity contribution in [2.24, 2.45) is 5.73 Å². The molecule has 0 radical (unpaired) electrons. The van der Waals surface area contributed by atoms with E-state index in [1.807, 2.05) is 0 Å². The van der Waals surface area contributed by atoms with E-state index < -0.39 is 72.7 Å². The Morgan fingerprint density at radius 1 is 0.939 bits per heavy atom. The van der Waals surface area contributed by atoms with E-state index in [9.17, 15) is 55.5 Å². The zero-order chi connectivity index (χ0) is 35.9. The monoisotopic (exact) mass is 731 g/mol. The third-order valence-corrected chi connectivity index (χ3v) is 9.02. The van der Waals surface area contributed by atoms with Crippen LogP contribution >= 0.6 is 11.3 Å². The molecule has 11 nitrogen and oxygen atoms in total. The zero-order valence-electron chi connectivity index (χ0n) is 24.8. The van der Waals surface area contributed by atoms with E-state index in [0.29, 0.717) is 18.4 Å². The molecule has 6 atom stereocenters. The van der Waals surface area contributed by atoms with Crippen LogP contribution in [0.25, 0.3) is 0 Å². The molecule has 270 valence electrons. The number of hydrogen-bond acceptors (Lipinski definition) is 12. The van der Waals surface area contributed by atoms with Crippen LogP contribution in [0.1, 0.15) is 39.8 Å². The third-order valence-electron chi connectivity index (χ3n) is 7.80. The minimum atomic E-state index is -6.18. The number of aromatic nitrogens is 2. The standard InChI is InChI=1S/C29H29F8N3O8S/c30-26(31)47-16-5-2-13(8-17(16)45-14-3-4-14)15(19-10-40-25(49-19)27(44,28(32,33)34)29(35,36)37)7-12-1-6-20(39-9-12)48-24-21(38)23(43)22(42)18(11-41)46-24/h1-2,5-6,8-10,14-15,18,21-24,26,41-44H,3-4,7,11,38H2/t15-,18+,21+,22+,23+,24-/m0/s1. The van der Waals surface area contributed by atoms with E-state index in [1.54, 1.807) is 0 Å². The van der Waals surface area contributed by atoms with Crippen molar-refractivity contribution in [2.45, 2.75) is 86.5 Å². The zero-order valence-corrected chi connectivity index (χ0v) is 25.6. The highest BCUT2D eigenvalue weighted by Gasteiger charge is 2.73. The summed E-state index contributed by atoms with van der Waals surface area (Å²) in [5.74, 6) is -1.65. The van der Waals surface area contributed by atoms with Crippen molar-refractivity contribution in [1.82, 2.24) is 9.97 Å². The maximum atomic E-state index is 13.6. The summed E-state index contributed by atoms with van der Waals surface area (Å²) in [6, 6.07) is 5.20. The first-order valence-electron chi connectivity index (χ1n) is 14.5. The lowest BCUT2D eigenvalue weighted by Crippen LogP contribution is -2.63. The van der Waals surface area contributed by atoms with Crippen LogP contribution < -0.4 is 19.9 Å². The van der Waals surface area contributed by atoms with Gasteiger partial charge in [0.1, 0.15) is 23.3 Å². The molecule has 1 aromatic carbocycles. The highest BCUT2D eigenvalue weighted by atomic mass is 32.1. The molecule has 6 N–H and O–H groups in total. The van der Waals surface area contributed by atoms with Crippen molar-refractivity contribution in [3.8, 4) is 17.4 Å². The lowest BCUT2D eigenvalue weighted by Gasteiger charge is -2.40. The van der Waals surface area contributed by atoms with E-state index >= 15 is 0 Å². The molecule has 1 aliphatic heterocycles. The molecule has 2 aliphatic rings. The molecule has 20 heteroatoms. The number of hydrogen-bond donors (Lipinski definition) is 5. The van der Waals surface area contributed by atoms with E-state index in [0.717, 1.165) is 12.3 Å². The SMILES string of the molecule is N[C@H]1[C@H](Oc2ccc(C[C@@H](c3ccc(OC(F)F)c(OC4CC4)c3)c3cnc(C(O)(C(F)(F)F)C(F)(F)F)s3)cn2)O[C@H](CO)[C@@H](O)[C@@H]1O. The van der Waals surface area contributed by atoms with Gasteiger partial charge in [0.2, 0.25) is 12.2 Å². The van der Waals surface area contributed by atoms with E-state index in [1.165, 1.54) is 30.5 Å². The van der Waals surface area contributed by atoms with Crippen molar-refractivity contribution in [3.63, 3.8) is 0 Å². The number of benzene rings is 1. The van der Waals surface area contributed by atoms with Gasteiger partial charge >= 0.3 is 24.6 Å². The van der Waals surface area contributed by atoms with E-state index in [4.69, 9.17) is 19.9 Å². The summed E-state index contributed by atoms with van der Waals surface area (Å²) in [7, 11) is 0. The van der Waals surface area contributed by atoms with Gasteiger partial charge in [-0.1, -0.05) is 12.1 Å². The fourth-order valence-electron chi connectivity index (χ4n) is 4.96. The highest BCUT2D eigenvalue weighted by molar-refractivity contribution is 7.11. The Bertz CT molecular complexity index is 1560. The van der Waals surface area contributed by atoms with Gasteiger partial charge in [-0.15, -0.1) is 11.3 Å². The second-order valence-corrected chi connectivity index (χ2v) is 12.4. The first kappa shape index (κ1) is 36.9. The summed E-state index contributed by atoms with van der Waals surface area (Å²) < 4.78 is 129. The summed E-state index contributed by atoms with van der Waals surface area (Å²) in [5.41, 5.74) is 1.16. The van der Waals surface area contributed by atoms with Gasteiger partial charge in [-0.2, -0.15) is 35.1 Å². The number of aliphatic hydroxyl groups is 4. The second kappa shape index (κ2) is 14.1. The topological polar surface area (TPSA) is 170 Å². The number of halogens is 8. The van der Waals surface area contributed by atoms with Gasteiger partial charge in [0.05, 0.1) is 18.8 Å². The maximum Gasteiger partial charge on any atom is 0.433 e. The van der Waals surface area contributed by atoms with Crippen LogP contribution in [0.3, 0.4) is 0 Å². The van der Waals surface area contributed by atoms with Gasteiger partial charge in [-0.25, -0.2) is 9.97 Å². The number of alkyl halides is 8. The molecular weight excluding hydrogens is 702 g/mol. The molecule has 0 spiro atoms. The van der Waals surface area contributed by atoms with Crippen molar-refractivity contribution in [1.29, 1.82) is 0 Å². The molecule has 49 heavy (non-hydrogen) atoms. The first-order valence-corrected chi connectivity index (χ1v) is 15.3. The average molecular weight is 732 g/mol. The van der Waals surface area contributed by atoms with E-state index in [-0.39, 0.29) is 51.7 Å². The molecule has 3 heterocycles. The van der Waals surface area contributed by atoms with Crippen LogP contribution in [0.2, 0.25) is 0 Å². The third kappa shape index (κ3) is 7.84. The molecule has 2 fully saturated rings. The van der Waals surface area contributed by atoms with Crippen molar-refractivity contribution >= 4 is 11.3 Å². The Morgan fingerprint density at radius 3 is 2.20 bits per heavy atom. The summed E-state index contributed by atoms with van der Waals surface area (Å²) in [4.78, 5) is 7.27. The van der Waals surface area contributed by atoms with Crippen LogP contribution in [0, 0.1) is 0 Å². The van der Waals surface area contributed by atoms with Crippen LogP contribution in [-0.4, -0.2) is 92.7 Å². The summed E-state index contributed by atoms with van der Waals surface area (Å²) in [6.07, 6.45) is -15.2. The molecule has 1 saturated carbocycles. The van der Waals surface area contributed by atoms with Gasteiger partial charge in [0, 0.05) is 29.3 Å². The van der Waals surface area contributed by atoms with Gasteiger partial charge in [0.15, 0.2) is 11.5 Å². The normalized spacial score (nSPS) is 24.2. The lowest BCUT2D eigenvalue weighted by molar-refractivity contribution is -0.376. The molecule has 2 aromatic heterocycles. The molecule has 0 unspecified atom stereocenters. The Morgan fingerprint density at radius 2 is 1.63 bits per heavy atom. The fourth-order valence-corrected chi connectivity index (χ4v) is 6.13. The number of nitrogens with zero attached hydrogens (tertiary/aromatic N) is 2. The van der Waals surface area contributed by atoms with Crippen LogP contribution in [-0.2, 0) is 16.8 Å². The smallest absolute Gasteiger partial charge is 0.433 e. The van der Waals surface area contributed by atoms with E-state index in [2.05, 4.69) is 14.7 Å². The molecule has 0 bridgehead atoms. The molecule has 0 amide bonds. The Hall–Kier alpha value is -3.40. The quantitative estimate of drug-likeness (QED) is 0.173. The predicted molar refractivity (Wildman–Crippen MR) is 151 cm³/mol. The van der Waals surface area contributed by atoms with Gasteiger partial charge in [0.25, 0.3) is 0 Å². The summed E-state index contributed by atoms with van der Waals surface area (Å²) >= 11 is -0.0412.